The number of hydrogen-bond donors (Lipinski definition) is 2. The van der Waals surface area contributed by atoms with Crippen molar-refractivity contribution in [2.24, 2.45) is 10.9 Å². The predicted molar refractivity (Wildman–Crippen MR) is 120 cm³/mol. The molecule has 0 aliphatic carbocycles. The van der Waals surface area contributed by atoms with Gasteiger partial charge in [0.1, 0.15) is 0 Å². The summed E-state index contributed by atoms with van der Waals surface area (Å²) in [6.07, 6.45) is 1.24. The monoisotopic (exact) mass is 423 g/mol. The van der Waals surface area contributed by atoms with Crippen LogP contribution in [0.2, 0.25) is 0 Å². The minimum Gasteiger partial charge on any atom is -0.356 e. The molecule has 0 bridgehead atoms. The van der Waals surface area contributed by atoms with Crippen molar-refractivity contribution in [3.63, 3.8) is 0 Å². The zero-order valence-electron chi connectivity index (χ0n) is 18.5. The van der Waals surface area contributed by atoms with Gasteiger partial charge < -0.3 is 20.4 Å². The van der Waals surface area contributed by atoms with Crippen LogP contribution in [-0.2, 0) is 16.4 Å². The SMILES string of the molecule is CCN1CCN(CC(C)CNC(=NC)NCc2ccc(S(C)(=O)=O)c(C)c2)CC1. The lowest BCUT2D eigenvalue weighted by molar-refractivity contribution is 0.124. The van der Waals surface area contributed by atoms with Gasteiger partial charge in [-0.25, -0.2) is 8.42 Å². The van der Waals surface area contributed by atoms with Gasteiger partial charge in [-0.1, -0.05) is 26.0 Å². The molecule has 1 aliphatic heterocycles. The Kier molecular flexibility index (Phi) is 8.92. The molecule has 164 valence electrons. The molecule has 1 aliphatic rings. The zero-order valence-corrected chi connectivity index (χ0v) is 19.3. The summed E-state index contributed by atoms with van der Waals surface area (Å²) >= 11 is 0. The summed E-state index contributed by atoms with van der Waals surface area (Å²) in [7, 11) is -1.42. The minimum absolute atomic E-state index is 0.386. The Morgan fingerprint density at radius 2 is 1.83 bits per heavy atom. The Labute approximate surface area is 176 Å². The van der Waals surface area contributed by atoms with Gasteiger partial charge in [-0.3, -0.25) is 4.99 Å². The number of benzene rings is 1. The molecule has 1 aromatic carbocycles. The van der Waals surface area contributed by atoms with E-state index in [1.807, 2.05) is 19.1 Å². The predicted octanol–water partition coefficient (Wildman–Crippen LogP) is 1.34. The number of aryl methyl sites for hydroxylation is 1. The van der Waals surface area contributed by atoms with E-state index >= 15 is 0 Å². The van der Waals surface area contributed by atoms with E-state index in [0.29, 0.717) is 17.4 Å². The molecular formula is C21H37N5O2S. The highest BCUT2D eigenvalue weighted by atomic mass is 32.2. The molecule has 1 saturated heterocycles. The number of hydrogen-bond acceptors (Lipinski definition) is 5. The summed E-state index contributed by atoms with van der Waals surface area (Å²) < 4.78 is 23.5. The van der Waals surface area contributed by atoms with E-state index in [9.17, 15) is 8.42 Å². The number of guanidine groups is 1. The van der Waals surface area contributed by atoms with Crippen molar-refractivity contribution in [3.05, 3.63) is 29.3 Å². The molecule has 1 fully saturated rings. The molecule has 1 aromatic rings. The summed E-state index contributed by atoms with van der Waals surface area (Å²) in [5.74, 6) is 1.29. The van der Waals surface area contributed by atoms with Crippen molar-refractivity contribution in [1.29, 1.82) is 0 Å². The van der Waals surface area contributed by atoms with E-state index < -0.39 is 9.84 Å². The molecule has 0 radical (unpaired) electrons. The van der Waals surface area contributed by atoms with Gasteiger partial charge in [-0.2, -0.15) is 0 Å². The third kappa shape index (κ3) is 7.60. The summed E-state index contributed by atoms with van der Waals surface area (Å²) in [5, 5.41) is 6.72. The largest absolute Gasteiger partial charge is 0.356 e. The van der Waals surface area contributed by atoms with Gasteiger partial charge in [0.2, 0.25) is 0 Å². The first kappa shape index (κ1) is 23.6. The molecule has 1 heterocycles. The van der Waals surface area contributed by atoms with Crippen LogP contribution in [0, 0.1) is 12.8 Å². The number of sulfone groups is 1. The lowest BCUT2D eigenvalue weighted by Gasteiger charge is -2.35. The number of piperazine rings is 1. The highest BCUT2D eigenvalue weighted by Gasteiger charge is 2.17. The average Bonchev–Trinajstić information content (AvgIpc) is 2.67. The van der Waals surface area contributed by atoms with Crippen LogP contribution < -0.4 is 10.6 Å². The molecule has 0 spiro atoms. The lowest BCUT2D eigenvalue weighted by atomic mass is 10.1. The second-order valence-corrected chi connectivity index (χ2v) is 10.0. The number of aliphatic imine (C=N–C) groups is 1. The van der Waals surface area contributed by atoms with Crippen molar-refractivity contribution in [3.8, 4) is 0 Å². The highest BCUT2D eigenvalue weighted by Crippen LogP contribution is 2.16. The van der Waals surface area contributed by atoms with Crippen LogP contribution in [0.15, 0.2) is 28.1 Å². The number of nitrogens with one attached hydrogen (secondary N) is 2. The molecule has 29 heavy (non-hydrogen) atoms. The molecular weight excluding hydrogens is 386 g/mol. The van der Waals surface area contributed by atoms with Crippen LogP contribution in [0.3, 0.4) is 0 Å². The topological polar surface area (TPSA) is 77.0 Å². The summed E-state index contributed by atoms with van der Waals surface area (Å²) in [6.45, 7) is 14.6. The van der Waals surface area contributed by atoms with Gasteiger partial charge in [0, 0.05) is 59.1 Å². The third-order valence-electron chi connectivity index (χ3n) is 5.42. The smallest absolute Gasteiger partial charge is 0.191 e. The number of nitrogens with zero attached hydrogens (tertiary/aromatic N) is 3. The van der Waals surface area contributed by atoms with E-state index in [-0.39, 0.29) is 0 Å². The van der Waals surface area contributed by atoms with Gasteiger partial charge in [-0.15, -0.1) is 0 Å². The van der Waals surface area contributed by atoms with Crippen LogP contribution in [0.1, 0.15) is 25.0 Å². The molecule has 0 aromatic heterocycles. The molecule has 8 heteroatoms. The van der Waals surface area contributed by atoms with Crippen LogP contribution in [0.4, 0.5) is 0 Å². The van der Waals surface area contributed by atoms with Gasteiger partial charge in [-0.05, 0) is 36.6 Å². The van der Waals surface area contributed by atoms with E-state index in [1.54, 1.807) is 13.1 Å². The fourth-order valence-corrected chi connectivity index (χ4v) is 4.67. The molecule has 0 saturated carbocycles. The first-order chi connectivity index (χ1) is 13.7. The first-order valence-corrected chi connectivity index (χ1v) is 12.3. The zero-order chi connectivity index (χ0) is 21.4. The van der Waals surface area contributed by atoms with Crippen molar-refractivity contribution in [1.82, 2.24) is 20.4 Å². The average molecular weight is 424 g/mol. The molecule has 2 N–H and O–H groups in total. The number of likely N-dealkylation sites (N-methyl/N-ethyl adjacent to an activating group) is 1. The number of rotatable bonds is 8. The van der Waals surface area contributed by atoms with E-state index in [1.165, 1.54) is 6.26 Å². The second-order valence-electron chi connectivity index (χ2n) is 8.02. The van der Waals surface area contributed by atoms with Crippen molar-refractivity contribution < 1.29 is 8.42 Å². The van der Waals surface area contributed by atoms with Crippen LogP contribution >= 0.6 is 0 Å². The van der Waals surface area contributed by atoms with Gasteiger partial charge >= 0.3 is 0 Å². The normalized spacial score (nSPS) is 17.9. The molecule has 1 unspecified atom stereocenters. The molecule has 1 atom stereocenters. The second kappa shape index (κ2) is 10.9. The molecule has 2 rings (SSSR count). The Hall–Kier alpha value is -1.64. The molecule has 0 amide bonds. The van der Waals surface area contributed by atoms with Crippen molar-refractivity contribution in [2.45, 2.75) is 32.2 Å². The van der Waals surface area contributed by atoms with E-state index in [4.69, 9.17) is 0 Å². The Morgan fingerprint density at radius 1 is 1.17 bits per heavy atom. The Morgan fingerprint density at radius 3 is 2.38 bits per heavy atom. The first-order valence-electron chi connectivity index (χ1n) is 10.4. The van der Waals surface area contributed by atoms with E-state index in [0.717, 1.165) is 62.9 Å². The van der Waals surface area contributed by atoms with Crippen LogP contribution in [0.25, 0.3) is 0 Å². The summed E-state index contributed by atoms with van der Waals surface area (Å²) in [4.78, 5) is 9.72. The maximum absolute atomic E-state index is 11.8. The van der Waals surface area contributed by atoms with Crippen LogP contribution in [0.5, 0.6) is 0 Å². The van der Waals surface area contributed by atoms with Gasteiger partial charge in [0.15, 0.2) is 15.8 Å². The third-order valence-corrected chi connectivity index (χ3v) is 6.68. The standard InChI is InChI=1S/C21H37N5O2S/c1-6-25-9-11-26(12-10-25)16-17(2)14-23-21(22-4)24-15-19-7-8-20(18(3)13-19)29(5,27)28/h7-8,13,17H,6,9-12,14-16H2,1-5H3,(H2,22,23,24). The molecule has 7 nitrogen and oxygen atoms in total. The maximum Gasteiger partial charge on any atom is 0.191 e. The van der Waals surface area contributed by atoms with Crippen molar-refractivity contribution in [2.75, 3.05) is 59.1 Å². The van der Waals surface area contributed by atoms with Crippen LogP contribution in [-0.4, -0.2) is 83.3 Å². The van der Waals surface area contributed by atoms with Gasteiger partial charge in [0.05, 0.1) is 4.90 Å². The van der Waals surface area contributed by atoms with Crippen molar-refractivity contribution >= 4 is 15.8 Å². The minimum atomic E-state index is -3.18. The Bertz CT molecular complexity index is 786. The highest BCUT2D eigenvalue weighted by molar-refractivity contribution is 7.90. The van der Waals surface area contributed by atoms with Gasteiger partial charge in [0.25, 0.3) is 0 Å². The fourth-order valence-electron chi connectivity index (χ4n) is 3.71. The fraction of sp³-hybridized carbons (Fsp3) is 0.667. The maximum atomic E-state index is 11.8. The quantitative estimate of drug-likeness (QED) is 0.485. The Balaban J connectivity index is 1.77. The summed E-state index contributed by atoms with van der Waals surface area (Å²) in [6, 6.07) is 5.44. The van der Waals surface area contributed by atoms with E-state index in [2.05, 4.69) is 39.3 Å². The summed E-state index contributed by atoms with van der Waals surface area (Å²) in [5.41, 5.74) is 1.80. The lowest BCUT2D eigenvalue weighted by Crippen LogP contribution is -2.48.